The third-order valence-corrected chi connectivity index (χ3v) is 5.89. The molecule has 3 nitrogen and oxygen atoms in total. The molecule has 0 N–H and O–H groups in total. The first-order chi connectivity index (χ1) is 9.87. The minimum Gasteiger partial charge on any atom is -0.267 e. The maximum atomic E-state index is 12.8. The van der Waals surface area contributed by atoms with Gasteiger partial charge in [-0.3, -0.25) is 4.31 Å². The molecule has 0 spiro atoms. The number of rotatable bonds is 4. The van der Waals surface area contributed by atoms with Crippen LogP contribution in [0.4, 0.5) is 5.69 Å². The van der Waals surface area contributed by atoms with Crippen LogP contribution in [0.1, 0.15) is 12.5 Å². The van der Waals surface area contributed by atoms with Gasteiger partial charge in [0.2, 0.25) is 0 Å². The van der Waals surface area contributed by atoms with E-state index in [1.54, 1.807) is 38.1 Å². The predicted molar refractivity (Wildman–Crippen MR) is 87.8 cm³/mol. The zero-order chi connectivity index (χ0) is 15.6. The van der Waals surface area contributed by atoms with Crippen LogP contribution in [0, 0.1) is 6.92 Å². The van der Waals surface area contributed by atoms with Crippen LogP contribution in [0.25, 0.3) is 0 Å². The monoisotopic (exact) mass is 343 g/mol. The number of benzene rings is 2. The summed E-state index contributed by atoms with van der Waals surface area (Å²) in [7, 11) is -3.73. The van der Waals surface area contributed by atoms with Crippen LogP contribution in [0.2, 0.25) is 10.0 Å². The second-order valence-corrected chi connectivity index (χ2v) is 7.18. The van der Waals surface area contributed by atoms with Crippen LogP contribution >= 0.6 is 23.2 Å². The molecule has 0 unspecified atom stereocenters. The van der Waals surface area contributed by atoms with E-state index in [2.05, 4.69) is 0 Å². The smallest absolute Gasteiger partial charge is 0.265 e. The van der Waals surface area contributed by atoms with E-state index in [4.69, 9.17) is 23.2 Å². The van der Waals surface area contributed by atoms with Gasteiger partial charge < -0.3 is 0 Å². The highest BCUT2D eigenvalue weighted by Crippen LogP contribution is 2.32. The molecule has 6 heteroatoms. The standard InChI is InChI=1S/C15H15Cl2NO2S/c1-3-18(12-7-5-4-6-8-12)21(19,20)15-9-11(2)13(16)10-14(15)17/h4-10H,3H2,1-2H3. The molecule has 0 fully saturated rings. The van der Waals surface area contributed by atoms with Gasteiger partial charge in [-0.2, -0.15) is 0 Å². The zero-order valence-corrected chi connectivity index (χ0v) is 14.0. The normalized spacial score (nSPS) is 11.4. The Hall–Kier alpha value is -1.23. The fraction of sp³-hybridized carbons (Fsp3) is 0.200. The Morgan fingerprint density at radius 2 is 1.67 bits per heavy atom. The summed E-state index contributed by atoms with van der Waals surface area (Å²) in [6.07, 6.45) is 0. The van der Waals surface area contributed by atoms with Gasteiger partial charge in [0.25, 0.3) is 10.0 Å². The molecule has 21 heavy (non-hydrogen) atoms. The molecule has 0 aliphatic rings. The van der Waals surface area contributed by atoms with Crippen LogP contribution in [0.15, 0.2) is 47.4 Å². The van der Waals surface area contributed by atoms with E-state index in [9.17, 15) is 8.42 Å². The molecule has 0 atom stereocenters. The first-order valence-electron chi connectivity index (χ1n) is 6.41. The number of sulfonamides is 1. The fourth-order valence-electron chi connectivity index (χ4n) is 2.03. The lowest BCUT2D eigenvalue weighted by atomic mass is 10.2. The molecular formula is C15H15Cl2NO2S. The van der Waals surface area contributed by atoms with Crippen molar-refractivity contribution in [3.63, 3.8) is 0 Å². The van der Waals surface area contributed by atoms with E-state index in [0.717, 1.165) is 0 Å². The van der Waals surface area contributed by atoms with Crippen molar-refractivity contribution in [3.8, 4) is 0 Å². The number of para-hydroxylation sites is 1. The minimum absolute atomic E-state index is 0.0665. The summed E-state index contributed by atoms with van der Waals surface area (Å²) >= 11 is 12.1. The van der Waals surface area contributed by atoms with Crippen molar-refractivity contribution in [3.05, 3.63) is 58.1 Å². The van der Waals surface area contributed by atoms with E-state index in [0.29, 0.717) is 22.8 Å². The molecule has 112 valence electrons. The summed E-state index contributed by atoms with van der Waals surface area (Å²) in [5.74, 6) is 0. The molecule has 0 bridgehead atoms. The topological polar surface area (TPSA) is 37.4 Å². The minimum atomic E-state index is -3.73. The Labute approximate surface area is 135 Å². The maximum absolute atomic E-state index is 12.8. The average molecular weight is 344 g/mol. The van der Waals surface area contributed by atoms with Gasteiger partial charge in [-0.1, -0.05) is 41.4 Å². The SMILES string of the molecule is CCN(c1ccccc1)S(=O)(=O)c1cc(C)c(Cl)cc1Cl. The van der Waals surface area contributed by atoms with Gasteiger partial charge in [-0.15, -0.1) is 0 Å². The largest absolute Gasteiger partial charge is 0.267 e. The van der Waals surface area contributed by atoms with Crippen molar-refractivity contribution in [1.82, 2.24) is 0 Å². The Balaban J connectivity index is 2.58. The summed E-state index contributed by atoms with van der Waals surface area (Å²) in [5, 5.41) is 0.571. The molecule has 2 aromatic rings. The highest BCUT2D eigenvalue weighted by Gasteiger charge is 2.26. The van der Waals surface area contributed by atoms with Crippen molar-refractivity contribution in [2.45, 2.75) is 18.7 Å². The Morgan fingerprint density at radius 3 is 2.24 bits per heavy atom. The van der Waals surface area contributed by atoms with Gasteiger partial charge in [-0.25, -0.2) is 8.42 Å². The number of hydrogen-bond donors (Lipinski definition) is 0. The van der Waals surface area contributed by atoms with Crippen molar-refractivity contribution >= 4 is 38.9 Å². The molecule has 0 saturated heterocycles. The Bertz CT molecular complexity index is 746. The number of nitrogens with zero attached hydrogens (tertiary/aromatic N) is 1. The van der Waals surface area contributed by atoms with Gasteiger partial charge in [0.05, 0.1) is 10.7 Å². The number of anilines is 1. The lowest BCUT2D eigenvalue weighted by molar-refractivity contribution is 0.592. The molecule has 0 aromatic heterocycles. The van der Waals surface area contributed by atoms with E-state index >= 15 is 0 Å². The van der Waals surface area contributed by atoms with Crippen LogP contribution in [0.3, 0.4) is 0 Å². The van der Waals surface area contributed by atoms with Crippen LogP contribution < -0.4 is 4.31 Å². The summed E-state index contributed by atoms with van der Waals surface area (Å²) in [6, 6.07) is 11.9. The molecule has 0 heterocycles. The van der Waals surface area contributed by atoms with Crippen molar-refractivity contribution < 1.29 is 8.42 Å². The van der Waals surface area contributed by atoms with E-state index in [1.807, 2.05) is 6.07 Å². The molecule has 0 radical (unpaired) electrons. The van der Waals surface area contributed by atoms with Crippen LogP contribution in [-0.4, -0.2) is 15.0 Å². The van der Waals surface area contributed by atoms with E-state index < -0.39 is 10.0 Å². The zero-order valence-electron chi connectivity index (χ0n) is 11.7. The highest BCUT2D eigenvalue weighted by atomic mass is 35.5. The molecule has 0 amide bonds. The van der Waals surface area contributed by atoms with Crippen molar-refractivity contribution in [1.29, 1.82) is 0 Å². The third kappa shape index (κ3) is 3.18. The lowest BCUT2D eigenvalue weighted by Crippen LogP contribution is -2.31. The van der Waals surface area contributed by atoms with Crippen LogP contribution in [0.5, 0.6) is 0 Å². The summed E-state index contributed by atoms with van der Waals surface area (Å²) in [5.41, 5.74) is 1.27. The molecule has 2 aromatic carbocycles. The first-order valence-corrected chi connectivity index (χ1v) is 8.61. The third-order valence-electron chi connectivity index (χ3n) is 3.11. The Kier molecular flexibility index (Phi) is 4.81. The maximum Gasteiger partial charge on any atom is 0.265 e. The van der Waals surface area contributed by atoms with Crippen LogP contribution in [-0.2, 0) is 10.0 Å². The fourth-order valence-corrected chi connectivity index (χ4v) is 4.32. The van der Waals surface area contributed by atoms with Gasteiger partial charge in [-0.05, 0) is 43.7 Å². The van der Waals surface area contributed by atoms with Gasteiger partial charge in [0.1, 0.15) is 4.90 Å². The number of hydrogen-bond acceptors (Lipinski definition) is 2. The van der Waals surface area contributed by atoms with Crippen molar-refractivity contribution in [2.24, 2.45) is 0 Å². The quantitative estimate of drug-likeness (QED) is 0.818. The van der Waals surface area contributed by atoms with Crippen molar-refractivity contribution in [2.75, 3.05) is 10.8 Å². The lowest BCUT2D eigenvalue weighted by Gasteiger charge is -2.23. The Morgan fingerprint density at radius 1 is 1.05 bits per heavy atom. The summed E-state index contributed by atoms with van der Waals surface area (Å²) < 4.78 is 27.0. The van der Waals surface area contributed by atoms with Gasteiger partial charge in [0.15, 0.2) is 0 Å². The molecular weight excluding hydrogens is 329 g/mol. The van der Waals surface area contributed by atoms with E-state index in [-0.39, 0.29) is 9.92 Å². The molecule has 2 rings (SSSR count). The second kappa shape index (κ2) is 6.26. The molecule has 0 saturated carbocycles. The van der Waals surface area contributed by atoms with Gasteiger partial charge in [0, 0.05) is 11.6 Å². The van der Waals surface area contributed by atoms with Gasteiger partial charge >= 0.3 is 0 Å². The van der Waals surface area contributed by atoms with E-state index in [1.165, 1.54) is 16.4 Å². The number of aryl methyl sites for hydroxylation is 1. The molecule has 0 aliphatic carbocycles. The number of halogens is 2. The highest BCUT2D eigenvalue weighted by molar-refractivity contribution is 7.93. The predicted octanol–water partition coefficient (Wildman–Crippen LogP) is 4.52. The summed E-state index contributed by atoms with van der Waals surface area (Å²) in [4.78, 5) is 0.0665. The first kappa shape index (κ1) is 16.1. The molecule has 0 aliphatic heterocycles. The average Bonchev–Trinajstić information content (AvgIpc) is 2.44. The second-order valence-electron chi connectivity index (χ2n) is 4.54. The summed E-state index contributed by atoms with van der Waals surface area (Å²) in [6.45, 7) is 3.84.